The Morgan fingerprint density at radius 1 is 1.24 bits per heavy atom. The van der Waals surface area contributed by atoms with Crippen molar-refractivity contribution in [1.82, 2.24) is 9.55 Å². The number of nitrogens with one attached hydrogen (secondary N) is 1. The van der Waals surface area contributed by atoms with Crippen LogP contribution in [0.3, 0.4) is 0 Å². The van der Waals surface area contributed by atoms with Gasteiger partial charge in [-0.1, -0.05) is 6.07 Å². The second-order valence-corrected chi connectivity index (χ2v) is 5.31. The average Bonchev–Trinajstić information content (AvgIpc) is 3.02. The Morgan fingerprint density at radius 3 is 2.72 bits per heavy atom. The van der Waals surface area contributed by atoms with Crippen molar-refractivity contribution >= 4 is 22.6 Å². The van der Waals surface area contributed by atoms with E-state index in [1.165, 1.54) is 0 Å². The molecule has 3 rings (SSSR count). The molecule has 7 heteroatoms. The monoisotopic (exact) mass is 336 g/mol. The number of nitriles is 1. The fraction of sp³-hybridized carbons (Fsp3) is 0.167. The van der Waals surface area contributed by atoms with Crippen LogP contribution in [0.25, 0.3) is 11.0 Å². The Kier molecular flexibility index (Phi) is 4.53. The number of imidazole rings is 1. The molecule has 0 aliphatic heterocycles. The van der Waals surface area contributed by atoms with Gasteiger partial charge in [0, 0.05) is 17.8 Å². The molecular weight excluding hydrogens is 320 g/mol. The van der Waals surface area contributed by atoms with Crippen molar-refractivity contribution < 1.29 is 14.3 Å². The third-order valence-corrected chi connectivity index (χ3v) is 3.72. The normalized spacial score (nSPS) is 10.3. The maximum Gasteiger partial charge on any atom is 0.244 e. The van der Waals surface area contributed by atoms with Gasteiger partial charge in [-0.2, -0.15) is 5.26 Å². The number of amides is 1. The lowest BCUT2D eigenvalue weighted by Crippen LogP contribution is -2.18. The van der Waals surface area contributed by atoms with Gasteiger partial charge in [0.2, 0.25) is 5.91 Å². The minimum atomic E-state index is -0.218. The number of methoxy groups -OCH3 is 2. The van der Waals surface area contributed by atoms with Crippen LogP contribution in [0.5, 0.6) is 11.5 Å². The maximum absolute atomic E-state index is 12.3. The molecule has 1 heterocycles. The summed E-state index contributed by atoms with van der Waals surface area (Å²) in [6.07, 6.45) is 1.59. The Hall–Kier alpha value is -3.53. The summed E-state index contributed by atoms with van der Waals surface area (Å²) < 4.78 is 12.3. The fourth-order valence-corrected chi connectivity index (χ4v) is 2.53. The van der Waals surface area contributed by atoms with Crippen molar-refractivity contribution in [3.05, 3.63) is 48.3 Å². The number of carbonyl (C=O) groups excluding carboxylic acids is 1. The van der Waals surface area contributed by atoms with Gasteiger partial charge in [-0.05, 0) is 18.2 Å². The third kappa shape index (κ3) is 3.38. The van der Waals surface area contributed by atoms with Crippen molar-refractivity contribution in [1.29, 1.82) is 5.26 Å². The van der Waals surface area contributed by atoms with E-state index in [9.17, 15) is 4.79 Å². The van der Waals surface area contributed by atoms with E-state index in [1.807, 2.05) is 6.07 Å². The molecule has 126 valence electrons. The Bertz CT molecular complexity index is 972. The molecule has 25 heavy (non-hydrogen) atoms. The number of ether oxygens (including phenoxy) is 2. The van der Waals surface area contributed by atoms with Crippen LogP contribution in [0.4, 0.5) is 5.69 Å². The van der Waals surface area contributed by atoms with Gasteiger partial charge in [-0.25, -0.2) is 4.98 Å². The molecule has 0 saturated carbocycles. The molecule has 1 amide bonds. The zero-order valence-electron chi connectivity index (χ0n) is 13.8. The largest absolute Gasteiger partial charge is 0.493 e. The first-order valence-electron chi connectivity index (χ1n) is 7.51. The molecule has 1 N–H and O–H groups in total. The lowest BCUT2D eigenvalue weighted by Gasteiger charge is -2.09. The first-order valence-corrected chi connectivity index (χ1v) is 7.51. The predicted molar refractivity (Wildman–Crippen MR) is 92.6 cm³/mol. The topological polar surface area (TPSA) is 89.2 Å². The molecule has 2 aromatic carbocycles. The summed E-state index contributed by atoms with van der Waals surface area (Å²) in [7, 11) is 3.11. The number of fused-ring (bicyclic) bond motifs is 1. The molecule has 0 saturated heterocycles. The Morgan fingerprint density at radius 2 is 2.00 bits per heavy atom. The van der Waals surface area contributed by atoms with Gasteiger partial charge in [0.25, 0.3) is 0 Å². The van der Waals surface area contributed by atoms with E-state index in [-0.39, 0.29) is 12.5 Å². The highest BCUT2D eigenvalue weighted by Gasteiger charge is 2.12. The third-order valence-electron chi connectivity index (χ3n) is 3.72. The van der Waals surface area contributed by atoms with Gasteiger partial charge in [0.15, 0.2) is 11.5 Å². The van der Waals surface area contributed by atoms with Gasteiger partial charge < -0.3 is 19.4 Å². The Balaban J connectivity index is 1.82. The SMILES string of the molecule is COc1cc2ncn(CC(=O)Nc3cccc(C#N)c3)c2cc1OC. The predicted octanol–water partition coefficient (Wildman–Crippen LogP) is 2.56. The molecule has 3 aromatic rings. The number of hydrogen-bond acceptors (Lipinski definition) is 5. The molecule has 0 unspecified atom stereocenters. The molecule has 0 aliphatic rings. The molecule has 0 bridgehead atoms. The lowest BCUT2D eigenvalue weighted by atomic mass is 10.2. The first-order chi connectivity index (χ1) is 12.1. The summed E-state index contributed by atoms with van der Waals surface area (Å²) in [4.78, 5) is 16.6. The van der Waals surface area contributed by atoms with Crippen molar-refractivity contribution in [3.8, 4) is 17.6 Å². The minimum Gasteiger partial charge on any atom is -0.493 e. The van der Waals surface area contributed by atoms with E-state index in [0.29, 0.717) is 28.3 Å². The standard InChI is InChI=1S/C18H16N4O3/c1-24-16-7-14-15(8-17(16)25-2)22(11-20-14)10-18(23)21-13-5-3-4-12(6-13)9-19/h3-8,11H,10H2,1-2H3,(H,21,23). The zero-order chi connectivity index (χ0) is 17.8. The summed E-state index contributed by atoms with van der Waals surface area (Å²) >= 11 is 0. The number of nitrogens with zero attached hydrogens (tertiary/aromatic N) is 3. The highest BCUT2D eigenvalue weighted by atomic mass is 16.5. The van der Waals surface area contributed by atoms with E-state index >= 15 is 0 Å². The first kappa shape index (κ1) is 16.3. The number of benzene rings is 2. The van der Waals surface area contributed by atoms with Crippen LogP contribution < -0.4 is 14.8 Å². The van der Waals surface area contributed by atoms with Crippen LogP contribution >= 0.6 is 0 Å². The molecule has 0 fully saturated rings. The number of carbonyl (C=O) groups is 1. The molecule has 7 nitrogen and oxygen atoms in total. The summed E-state index contributed by atoms with van der Waals surface area (Å²) in [6.45, 7) is 0.0861. The molecule has 1 aromatic heterocycles. The van der Waals surface area contributed by atoms with E-state index in [2.05, 4.69) is 10.3 Å². The second kappa shape index (κ2) is 6.93. The lowest BCUT2D eigenvalue weighted by molar-refractivity contribution is -0.116. The number of rotatable bonds is 5. The van der Waals surface area contributed by atoms with Crippen LogP contribution in [0.2, 0.25) is 0 Å². The van der Waals surface area contributed by atoms with Crippen molar-refractivity contribution in [2.24, 2.45) is 0 Å². The summed E-state index contributed by atoms with van der Waals surface area (Å²) in [5.74, 6) is 0.932. The number of hydrogen-bond donors (Lipinski definition) is 1. The van der Waals surface area contributed by atoms with Crippen LogP contribution in [-0.4, -0.2) is 29.7 Å². The minimum absolute atomic E-state index is 0.0861. The van der Waals surface area contributed by atoms with Gasteiger partial charge in [0.05, 0.1) is 43.2 Å². The van der Waals surface area contributed by atoms with E-state index < -0.39 is 0 Å². The molecule has 0 radical (unpaired) electrons. The van der Waals surface area contributed by atoms with Crippen LogP contribution in [-0.2, 0) is 11.3 Å². The van der Waals surface area contributed by atoms with Crippen molar-refractivity contribution in [2.75, 3.05) is 19.5 Å². The zero-order valence-corrected chi connectivity index (χ0v) is 13.8. The van der Waals surface area contributed by atoms with Crippen molar-refractivity contribution in [3.63, 3.8) is 0 Å². The summed E-state index contributed by atoms with van der Waals surface area (Å²) in [5, 5.41) is 11.7. The highest BCUT2D eigenvalue weighted by Crippen LogP contribution is 2.31. The summed E-state index contributed by atoms with van der Waals surface area (Å²) in [6, 6.07) is 12.3. The second-order valence-electron chi connectivity index (χ2n) is 5.31. The van der Waals surface area contributed by atoms with Crippen LogP contribution in [0, 0.1) is 11.3 Å². The van der Waals surface area contributed by atoms with Gasteiger partial charge in [0.1, 0.15) is 6.54 Å². The van der Waals surface area contributed by atoms with Crippen LogP contribution in [0.15, 0.2) is 42.7 Å². The molecule has 0 atom stereocenters. The Labute approximate surface area is 144 Å². The van der Waals surface area contributed by atoms with E-state index in [1.54, 1.807) is 61.5 Å². The van der Waals surface area contributed by atoms with Crippen molar-refractivity contribution in [2.45, 2.75) is 6.54 Å². The maximum atomic E-state index is 12.3. The van der Waals surface area contributed by atoms with E-state index in [4.69, 9.17) is 14.7 Å². The fourth-order valence-electron chi connectivity index (χ4n) is 2.53. The molecule has 0 spiro atoms. The van der Waals surface area contributed by atoms with Gasteiger partial charge in [-0.15, -0.1) is 0 Å². The number of aromatic nitrogens is 2. The van der Waals surface area contributed by atoms with Gasteiger partial charge >= 0.3 is 0 Å². The number of anilines is 1. The highest BCUT2D eigenvalue weighted by molar-refractivity contribution is 5.92. The van der Waals surface area contributed by atoms with Crippen LogP contribution in [0.1, 0.15) is 5.56 Å². The average molecular weight is 336 g/mol. The van der Waals surface area contributed by atoms with E-state index in [0.717, 1.165) is 5.52 Å². The van der Waals surface area contributed by atoms with Gasteiger partial charge in [-0.3, -0.25) is 4.79 Å². The molecule has 0 aliphatic carbocycles. The quantitative estimate of drug-likeness (QED) is 0.773. The molecular formula is C18H16N4O3. The smallest absolute Gasteiger partial charge is 0.244 e. The summed E-state index contributed by atoms with van der Waals surface area (Å²) in [5.41, 5.74) is 2.53.